The lowest BCUT2D eigenvalue weighted by Gasteiger charge is -2.41. The summed E-state index contributed by atoms with van der Waals surface area (Å²) in [6.07, 6.45) is 8.62. The summed E-state index contributed by atoms with van der Waals surface area (Å²) in [7, 11) is 3.24. The number of anilines is 1. The molecular weight excluding hydrogens is 853 g/mol. The fourth-order valence-corrected chi connectivity index (χ4v) is 10.2. The minimum atomic E-state index is -2.22. The van der Waals surface area contributed by atoms with Gasteiger partial charge in [0, 0.05) is 93.6 Å². The van der Waals surface area contributed by atoms with Gasteiger partial charge in [-0.2, -0.15) is 5.43 Å². The summed E-state index contributed by atoms with van der Waals surface area (Å²) >= 11 is 0. The number of esters is 1. The van der Waals surface area contributed by atoms with Crippen molar-refractivity contribution >= 4 is 58.0 Å². The molecule has 16 nitrogen and oxygen atoms in total. The van der Waals surface area contributed by atoms with Gasteiger partial charge in [-0.3, -0.25) is 29.2 Å². The monoisotopic (exact) mass is 925 g/mol. The number of amides is 4. The van der Waals surface area contributed by atoms with Crippen LogP contribution in [0.15, 0.2) is 65.8 Å². The van der Waals surface area contributed by atoms with E-state index in [2.05, 4.69) is 64.6 Å². The van der Waals surface area contributed by atoms with Crippen LogP contribution < -0.4 is 15.6 Å². The molecule has 6 rings (SSSR count). The standard InChI is InChI=1S/C51H72N8O8/c1-12-37(43(52-14-3)33(7)66-11)45-39-28-50(8,9)31-67-49(64)51(65)22-17-24-59(54-51)48(63)40(26-34-18-16-23-56(29-34)36-19-20-41(38(39)27-36)58(45)15-4)53-46(61)44(32(5)6)55(10)47(62)35-21-25-57(30-35)42(60)13-2/h12-14,18-20,27,32-33,35,40,44,54,65H,1-2,15-17,21-26,28-31H2,3-11H3,(H,53,61)/b43-37+,52-14?/t33-,35-,40-,44-,51-/m0/s1. The predicted octanol–water partition coefficient (Wildman–Crippen LogP) is 5.15. The Labute approximate surface area is 395 Å². The fourth-order valence-electron chi connectivity index (χ4n) is 10.2. The molecule has 1 aromatic heterocycles. The third-order valence-corrected chi connectivity index (χ3v) is 13.7. The number of likely N-dealkylation sites (tertiary alicyclic amines) is 1. The van der Waals surface area contributed by atoms with Crippen LogP contribution in [-0.4, -0.2) is 138 Å². The molecule has 2 fully saturated rings. The molecule has 0 saturated carbocycles. The summed E-state index contributed by atoms with van der Waals surface area (Å²) in [4.78, 5) is 79.6. The van der Waals surface area contributed by atoms with Gasteiger partial charge in [-0.1, -0.05) is 58.6 Å². The first kappa shape index (κ1) is 50.8. The molecule has 6 bridgehead atoms. The van der Waals surface area contributed by atoms with Crippen molar-refractivity contribution in [2.45, 2.75) is 117 Å². The smallest absolute Gasteiger partial charge is 0.355 e. The van der Waals surface area contributed by atoms with E-state index in [0.29, 0.717) is 38.9 Å². The topological polar surface area (TPSA) is 178 Å². The number of methoxy groups -OCH3 is 1. The van der Waals surface area contributed by atoms with Gasteiger partial charge in [0.1, 0.15) is 12.1 Å². The van der Waals surface area contributed by atoms with E-state index in [1.54, 1.807) is 25.3 Å². The fraction of sp³-hybridized carbons (Fsp3) is 0.569. The van der Waals surface area contributed by atoms with Crippen molar-refractivity contribution < 1.29 is 38.6 Å². The molecule has 67 heavy (non-hydrogen) atoms. The third kappa shape index (κ3) is 10.8. The second-order valence-corrected chi connectivity index (χ2v) is 19.5. The molecular formula is C51H72N8O8. The summed E-state index contributed by atoms with van der Waals surface area (Å²) in [6.45, 7) is 24.1. The minimum Gasteiger partial charge on any atom is -0.462 e. The summed E-state index contributed by atoms with van der Waals surface area (Å²) < 4.78 is 14.1. The Hall–Kier alpha value is -5.58. The predicted molar refractivity (Wildman–Crippen MR) is 261 cm³/mol. The number of aryl methyl sites for hydroxylation is 1. The van der Waals surface area contributed by atoms with Gasteiger partial charge in [-0.05, 0) is 88.6 Å². The number of cyclic esters (lactones) is 1. The molecule has 5 heterocycles. The van der Waals surface area contributed by atoms with Crippen LogP contribution in [0.3, 0.4) is 0 Å². The Morgan fingerprint density at radius 3 is 2.54 bits per heavy atom. The number of aromatic nitrogens is 1. The molecule has 4 amide bonds. The lowest BCUT2D eigenvalue weighted by molar-refractivity contribution is -0.189. The number of allylic oxidation sites excluding steroid dienone is 2. The van der Waals surface area contributed by atoms with Crippen molar-refractivity contribution in [2.75, 3.05) is 58.4 Å². The maximum Gasteiger partial charge on any atom is 0.355 e. The molecule has 4 aliphatic rings. The Kier molecular flexibility index (Phi) is 16.0. The Balaban J connectivity index is 1.42. The summed E-state index contributed by atoms with van der Waals surface area (Å²) in [5.41, 5.74) is 6.40. The van der Waals surface area contributed by atoms with Crippen LogP contribution in [0.1, 0.15) is 91.8 Å². The normalized spacial score (nSPS) is 23.9. The van der Waals surface area contributed by atoms with Gasteiger partial charge in [0.15, 0.2) is 0 Å². The molecule has 0 aliphatic carbocycles. The number of hydrogen-bond donors (Lipinski definition) is 3. The number of aliphatic hydroxyl groups is 1. The summed E-state index contributed by atoms with van der Waals surface area (Å²) in [6, 6.07) is 4.39. The van der Waals surface area contributed by atoms with Crippen molar-refractivity contribution in [2.24, 2.45) is 22.2 Å². The molecule has 364 valence electrons. The lowest BCUT2D eigenvalue weighted by atomic mass is 9.84. The summed E-state index contributed by atoms with van der Waals surface area (Å²) in [5.74, 6) is -3.31. The first-order valence-corrected chi connectivity index (χ1v) is 23.7. The number of hydrazine groups is 1. The van der Waals surface area contributed by atoms with Crippen molar-refractivity contribution in [1.82, 2.24) is 30.1 Å². The highest BCUT2D eigenvalue weighted by molar-refractivity contribution is 5.96. The van der Waals surface area contributed by atoms with Gasteiger partial charge in [0.2, 0.25) is 23.4 Å². The van der Waals surface area contributed by atoms with Crippen molar-refractivity contribution in [3.8, 4) is 0 Å². The highest BCUT2D eigenvalue weighted by Gasteiger charge is 2.46. The molecule has 0 spiro atoms. The lowest BCUT2D eigenvalue weighted by Crippen LogP contribution is -2.67. The average molecular weight is 925 g/mol. The minimum absolute atomic E-state index is 0.00465. The number of aliphatic imine (C=N–C) groups is 1. The maximum absolute atomic E-state index is 14.8. The van der Waals surface area contributed by atoms with E-state index < -0.39 is 46.9 Å². The Bertz CT molecular complexity index is 2350. The average Bonchev–Trinajstić information content (AvgIpc) is 3.92. The highest BCUT2D eigenvalue weighted by atomic mass is 16.6. The number of fused-ring (bicyclic) bond motifs is 6. The first-order valence-electron chi connectivity index (χ1n) is 23.7. The molecule has 3 N–H and O–H groups in total. The van der Waals surface area contributed by atoms with Crippen LogP contribution in [0.4, 0.5) is 5.69 Å². The van der Waals surface area contributed by atoms with Gasteiger partial charge in [0.25, 0.3) is 5.91 Å². The molecule has 1 aromatic carbocycles. The number of rotatable bonds is 12. The van der Waals surface area contributed by atoms with Gasteiger partial charge in [-0.15, -0.1) is 0 Å². The third-order valence-electron chi connectivity index (χ3n) is 13.7. The first-order chi connectivity index (χ1) is 31.8. The maximum atomic E-state index is 14.8. The second kappa shape index (κ2) is 21.2. The van der Waals surface area contributed by atoms with Gasteiger partial charge in [0.05, 0.1) is 30.0 Å². The van der Waals surface area contributed by atoms with Crippen LogP contribution in [0.2, 0.25) is 0 Å². The number of nitrogens with zero attached hydrogens (tertiary/aromatic N) is 6. The van der Waals surface area contributed by atoms with Crippen LogP contribution >= 0.6 is 0 Å². The quantitative estimate of drug-likeness (QED) is 0.0848. The largest absolute Gasteiger partial charge is 0.462 e. The Morgan fingerprint density at radius 1 is 1.13 bits per heavy atom. The van der Waals surface area contributed by atoms with Crippen LogP contribution in [0.25, 0.3) is 16.5 Å². The zero-order valence-electron chi connectivity index (χ0n) is 41.0. The van der Waals surface area contributed by atoms with Crippen LogP contribution in [-0.2, 0) is 46.4 Å². The van der Waals surface area contributed by atoms with E-state index in [1.165, 1.54) is 16.0 Å². The van der Waals surface area contributed by atoms with E-state index in [9.17, 15) is 29.1 Å². The van der Waals surface area contributed by atoms with Gasteiger partial charge >= 0.3 is 5.97 Å². The number of hydrogen-bond acceptors (Lipinski definition) is 11. The van der Waals surface area contributed by atoms with E-state index in [4.69, 9.17) is 14.5 Å². The molecule has 0 unspecified atom stereocenters. The molecule has 0 radical (unpaired) electrons. The van der Waals surface area contributed by atoms with Crippen LogP contribution in [0, 0.1) is 17.3 Å². The number of carbonyl (C=O) groups is 5. The van der Waals surface area contributed by atoms with E-state index >= 15 is 0 Å². The van der Waals surface area contributed by atoms with Gasteiger partial charge < -0.3 is 39.2 Å². The second-order valence-electron chi connectivity index (χ2n) is 19.5. The highest BCUT2D eigenvalue weighted by Crippen LogP contribution is 2.40. The van der Waals surface area contributed by atoms with Crippen molar-refractivity contribution in [3.05, 3.63) is 72.1 Å². The molecule has 2 aromatic rings. The Morgan fingerprint density at radius 2 is 1.88 bits per heavy atom. The molecule has 5 atom stereocenters. The van der Waals surface area contributed by atoms with Crippen LogP contribution in [0.5, 0.6) is 0 Å². The zero-order chi connectivity index (χ0) is 49.0. The SMILES string of the molecule is C=CC(=O)N1CC[C@H](C(=O)N(C)[C@H](C(=O)N[C@H]2CC3=CCCN(C3)c3ccc4c(c3)c(c(/C(C=C)=C(/N=CC)[C@H](C)OC)n4CC)CC(C)(C)COC(=O)[C@@]3(O)CCCN(N3)C2=O)C(C)C)C1. The number of likely N-dealkylation sites (N-methyl/N-ethyl adjacent to an activating group) is 1. The molecule has 2 saturated heterocycles. The number of carbonyl (C=O) groups excluding carboxylic acids is 5. The number of benzene rings is 1. The molecule has 4 aliphatic heterocycles. The number of nitrogens with one attached hydrogen (secondary N) is 2. The summed E-state index contributed by atoms with van der Waals surface area (Å²) in [5, 5.41) is 17.2. The van der Waals surface area contributed by atoms with E-state index in [-0.39, 0.29) is 62.8 Å². The van der Waals surface area contributed by atoms with E-state index in [0.717, 1.165) is 51.2 Å². The zero-order valence-corrected chi connectivity index (χ0v) is 41.0. The van der Waals surface area contributed by atoms with Crippen molar-refractivity contribution in [3.63, 3.8) is 0 Å². The molecule has 16 heteroatoms. The number of ether oxygens (including phenoxy) is 2. The van der Waals surface area contributed by atoms with Gasteiger partial charge in [-0.25, -0.2) is 4.79 Å². The van der Waals surface area contributed by atoms with Crippen molar-refractivity contribution in [1.29, 1.82) is 0 Å². The van der Waals surface area contributed by atoms with E-state index in [1.807, 2.05) is 47.6 Å².